The highest BCUT2D eigenvalue weighted by Crippen LogP contribution is 2.29. The zero-order valence-corrected chi connectivity index (χ0v) is 7.81. The van der Waals surface area contributed by atoms with Crippen LogP contribution in [0.5, 0.6) is 0 Å². The lowest BCUT2D eigenvalue weighted by molar-refractivity contribution is -0.715. The van der Waals surface area contributed by atoms with E-state index in [1.165, 1.54) is 12.1 Å². The van der Waals surface area contributed by atoms with E-state index in [0.29, 0.717) is 4.74 Å². The maximum Gasteiger partial charge on any atom is 0.547 e. The number of thiol groups is 1. The predicted molar refractivity (Wildman–Crippen MR) is 50.4 cm³/mol. The summed E-state index contributed by atoms with van der Waals surface area (Å²) in [5.74, 6) is -0.880. The van der Waals surface area contributed by atoms with Gasteiger partial charge in [0.2, 0.25) is 0 Å². The van der Waals surface area contributed by atoms with Gasteiger partial charge in [-0.15, -0.1) is 0 Å². The minimum atomic E-state index is -0.880. The Kier molecular flexibility index (Phi) is 1.85. The lowest BCUT2D eigenvalue weighted by Crippen LogP contribution is -2.30. The van der Waals surface area contributed by atoms with E-state index in [9.17, 15) is 14.9 Å². The van der Waals surface area contributed by atoms with Gasteiger partial charge in [0.15, 0.2) is 0 Å². The normalized spacial score (nSPS) is 15.8. The number of amides is 1. The molecule has 0 aliphatic carbocycles. The molecule has 0 bridgehead atoms. The van der Waals surface area contributed by atoms with Gasteiger partial charge in [0.1, 0.15) is 4.76 Å². The average molecular weight is 210 g/mol. The lowest BCUT2D eigenvalue weighted by atomic mass is 10.2. The van der Waals surface area contributed by atoms with Crippen molar-refractivity contribution in [3.05, 3.63) is 29.2 Å². The van der Waals surface area contributed by atoms with Gasteiger partial charge in [-0.25, -0.2) is 4.79 Å². The molecule has 0 spiro atoms. The SMILES string of the molecule is O=C1C(S)=[N+](O)c2ccccc2[N+]1=O. The van der Waals surface area contributed by atoms with Crippen molar-refractivity contribution in [2.45, 2.75) is 0 Å². The minimum Gasteiger partial charge on any atom is -0.283 e. The van der Waals surface area contributed by atoms with Gasteiger partial charge in [0.25, 0.3) is 0 Å². The Morgan fingerprint density at radius 3 is 2.43 bits per heavy atom. The highest BCUT2D eigenvalue weighted by molar-refractivity contribution is 7.98. The number of hydrogen-bond acceptors (Lipinski definition) is 3. The zero-order chi connectivity index (χ0) is 10.3. The van der Waals surface area contributed by atoms with Crippen molar-refractivity contribution in [1.29, 1.82) is 0 Å². The summed E-state index contributed by atoms with van der Waals surface area (Å²) in [5.41, 5.74) is 0.352. The van der Waals surface area contributed by atoms with Crippen molar-refractivity contribution >= 4 is 35.0 Å². The van der Waals surface area contributed by atoms with Crippen LogP contribution in [0.15, 0.2) is 24.3 Å². The van der Waals surface area contributed by atoms with E-state index in [0.717, 1.165) is 0 Å². The summed E-state index contributed by atoms with van der Waals surface area (Å²) >= 11 is 3.74. The van der Waals surface area contributed by atoms with Crippen LogP contribution < -0.4 is 0 Å². The first-order valence-corrected chi connectivity index (χ1v) is 4.23. The van der Waals surface area contributed by atoms with Crippen LogP contribution >= 0.6 is 12.6 Å². The van der Waals surface area contributed by atoms with Gasteiger partial charge in [-0.05, 0) is 0 Å². The molecule has 6 heteroatoms. The first-order valence-electron chi connectivity index (χ1n) is 3.78. The second-order valence-corrected chi connectivity index (χ2v) is 3.15. The molecule has 1 aromatic carbocycles. The summed E-state index contributed by atoms with van der Waals surface area (Å²) in [6.07, 6.45) is 0. The summed E-state index contributed by atoms with van der Waals surface area (Å²) in [5, 5.41) is 9.14. The summed E-state index contributed by atoms with van der Waals surface area (Å²) in [6.45, 7) is 0. The van der Waals surface area contributed by atoms with E-state index in [1.807, 2.05) is 0 Å². The van der Waals surface area contributed by atoms with Crippen molar-refractivity contribution < 1.29 is 19.5 Å². The van der Waals surface area contributed by atoms with Crippen molar-refractivity contribution in [3.8, 4) is 0 Å². The second kappa shape index (κ2) is 2.91. The Morgan fingerprint density at radius 2 is 1.79 bits per heavy atom. The van der Waals surface area contributed by atoms with E-state index < -0.39 is 5.91 Å². The van der Waals surface area contributed by atoms with Gasteiger partial charge in [0, 0.05) is 21.8 Å². The lowest BCUT2D eigenvalue weighted by Gasteiger charge is -1.99. The van der Waals surface area contributed by atoms with Crippen molar-refractivity contribution in [2.75, 3.05) is 0 Å². The molecule has 0 radical (unpaired) electrons. The second-order valence-electron chi connectivity index (χ2n) is 2.72. The predicted octanol–water partition coefficient (Wildman–Crippen LogP) is 0.999. The Morgan fingerprint density at radius 1 is 1.21 bits per heavy atom. The van der Waals surface area contributed by atoms with Gasteiger partial charge in [-0.2, -0.15) is 0 Å². The molecule has 5 nitrogen and oxygen atoms in total. The van der Waals surface area contributed by atoms with Crippen molar-refractivity contribution in [2.24, 2.45) is 0 Å². The van der Waals surface area contributed by atoms with Gasteiger partial charge in [-0.3, -0.25) is 5.21 Å². The smallest absolute Gasteiger partial charge is 0.283 e. The molecule has 0 unspecified atom stereocenters. The van der Waals surface area contributed by atoms with Crippen LogP contribution in [0.2, 0.25) is 0 Å². The van der Waals surface area contributed by atoms with Crippen LogP contribution in [0.25, 0.3) is 0 Å². The van der Waals surface area contributed by atoms with Crippen LogP contribution in [-0.2, 0) is 4.79 Å². The fourth-order valence-corrected chi connectivity index (χ4v) is 1.42. The van der Waals surface area contributed by atoms with Crippen molar-refractivity contribution in [1.82, 2.24) is 0 Å². The highest BCUT2D eigenvalue weighted by atomic mass is 32.1. The molecule has 0 atom stereocenters. The molecule has 1 N–H and O–H groups in total. The molecular formula is C8H6N2O3S+2. The van der Waals surface area contributed by atoms with E-state index >= 15 is 0 Å². The summed E-state index contributed by atoms with van der Waals surface area (Å²) < 4.78 is 0.791. The molecule has 1 amide bonds. The Bertz CT molecular complexity index is 481. The fraction of sp³-hybridized carbons (Fsp3) is 0. The summed E-state index contributed by atoms with van der Waals surface area (Å²) in [6, 6.07) is 6.22. The Hall–Kier alpha value is -1.69. The molecule has 2 rings (SSSR count). The largest absolute Gasteiger partial charge is 0.547 e. The minimum absolute atomic E-state index is 0.109. The first kappa shape index (κ1) is 8.89. The fourth-order valence-electron chi connectivity index (χ4n) is 1.22. The van der Waals surface area contributed by atoms with Crippen molar-refractivity contribution in [3.63, 3.8) is 0 Å². The van der Waals surface area contributed by atoms with Gasteiger partial charge in [-0.1, -0.05) is 24.8 Å². The monoisotopic (exact) mass is 210 g/mol. The Balaban J connectivity index is 2.78. The summed E-state index contributed by atoms with van der Waals surface area (Å²) in [7, 11) is 0. The first-order chi connectivity index (χ1) is 6.63. The number of fused-ring (bicyclic) bond motifs is 1. The number of hydrogen-bond donors (Lipinski definition) is 2. The maximum absolute atomic E-state index is 11.3. The number of benzene rings is 1. The topological polar surface area (TPSA) is 60.4 Å². The number of nitroso groups, excluding NO2 is 1. The Labute approximate surface area is 84.2 Å². The number of para-hydroxylation sites is 2. The number of rotatable bonds is 0. The molecule has 1 aliphatic heterocycles. The zero-order valence-electron chi connectivity index (χ0n) is 6.91. The van der Waals surface area contributed by atoms with E-state index in [2.05, 4.69) is 12.6 Å². The molecule has 0 saturated heterocycles. The molecule has 0 fully saturated rings. The van der Waals surface area contributed by atoms with Crippen LogP contribution in [0.1, 0.15) is 0 Å². The maximum atomic E-state index is 11.3. The van der Waals surface area contributed by atoms with E-state index in [1.54, 1.807) is 12.1 Å². The molecule has 1 aromatic rings. The molecular weight excluding hydrogens is 204 g/mol. The van der Waals surface area contributed by atoms with Crippen LogP contribution in [0.4, 0.5) is 11.4 Å². The molecule has 0 aromatic heterocycles. The van der Waals surface area contributed by atoms with Crippen LogP contribution in [0, 0.1) is 4.91 Å². The van der Waals surface area contributed by atoms with Crippen LogP contribution in [0.3, 0.4) is 0 Å². The van der Waals surface area contributed by atoms with Gasteiger partial charge < -0.3 is 0 Å². The third kappa shape index (κ3) is 1.04. The molecule has 1 heterocycles. The standard InChI is InChI=1S/C8H5N2O3S/c11-7-8(14)10(13)6-4-2-1-3-5(6)9(7)12/h1-4,13H/q+1/p+1. The third-order valence-electron chi connectivity index (χ3n) is 1.91. The van der Waals surface area contributed by atoms with E-state index in [-0.39, 0.29) is 21.2 Å². The third-order valence-corrected chi connectivity index (χ3v) is 2.29. The number of carbonyl (C=O) groups is 1. The summed E-state index contributed by atoms with van der Waals surface area (Å²) in [4.78, 5) is 22.5. The molecule has 14 heavy (non-hydrogen) atoms. The van der Waals surface area contributed by atoms with Crippen LogP contribution in [-0.4, -0.2) is 25.7 Å². The molecule has 1 aliphatic rings. The highest BCUT2D eigenvalue weighted by Gasteiger charge is 2.47. The average Bonchev–Trinajstić information content (AvgIpc) is 2.23. The molecule has 70 valence electrons. The van der Waals surface area contributed by atoms with Gasteiger partial charge >= 0.3 is 22.3 Å². The number of nitrogens with zero attached hydrogens (tertiary/aromatic N) is 2. The molecule has 0 saturated carbocycles. The quantitative estimate of drug-likeness (QED) is 0.381. The van der Waals surface area contributed by atoms with E-state index in [4.69, 9.17) is 0 Å². The number of carbonyl (C=O) groups excluding carboxylic acids is 1. The van der Waals surface area contributed by atoms with Gasteiger partial charge in [0.05, 0.1) is 0 Å².